The zero-order valence-electron chi connectivity index (χ0n) is 20.1. The molecule has 1 aliphatic heterocycles. The van der Waals surface area contributed by atoms with Crippen LogP contribution in [0.5, 0.6) is 0 Å². The largest absolute Gasteiger partial charge is 0.490 e. The number of hydrogen-bond donors (Lipinski definition) is 3. The maximum Gasteiger partial charge on any atom is 0.490 e. The Labute approximate surface area is 218 Å². The molecule has 1 fully saturated rings. The van der Waals surface area contributed by atoms with E-state index in [1.807, 2.05) is 29.2 Å². The molecule has 11 nitrogen and oxygen atoms in total. The molecule has 2 aromatic heterocycles. The molecule has 1 unspecified atom stereocenters. The molecule has 0 spiro atoms. The lowest BCUT2D eigenvalue weighted by atomic mass is 10.1. The fourth-order valence-corrected chi connectivity index (χ4v) is 4.81. The normalized spacial score (nSPS) is 17.6. The van der Waals surface area contributed by atoms with Crippen LogP contribution in [0.25, 0.3) is 0 Å². The van der Waals surface area contributed by atoms with Gasteiger partial charge >= 0.3 is 24.3 Å². The highest BCUT2D eigenvalue weighted by atomic mass is 32.2. The molecule has 39 heavy (non-hydrogen) atoms. The molecule has 0 saturated heterocycles. The van der Waals surface area contributed by atoms with Gasteiger partial charge in [-0.1, -0.05) is 6.07 Å². The van der Waals surface area contributed by atoms with Gasteiger partial charge in [0.15, 0.2) is 0 Å². The van der Waals surface area contributed by atoms with Crippen LogP contribution in [0.2, 0.25) is 0 Å². The predicted octanol–water partition coefficient (Wildman–Crippen LogP) is 2.57. The number of nitrogens with one attached hydrogen (secondary N) is 1. The minimum absolute atomic E-state index is 0.166. The van der Waals surface area contributed by atoms with E-state index in [0.717, 1.165) is 38.9 Å². The lowest BCUT2D eigenvalue weighted by Gasteiger charge is -2.34. The first kappa shape index (κ1) is 32.0. The minimum atomic E-state index is -5.08. The number of fused-ring (bicyclic) bond motifs is 1. The third-order valence-corrected chi connectivity index (χ3v) is 7.27. The van der Waals surface area contributed by atoms with Gasteiger partial charge in [0, 0.05) is 44.8 Å². The first-order valence-corrected chi connectivity index (χ1v) is 12.8. The van der Waals surface area contributed by atoms with Crippen molar-refractivity contribution in [2.45, 2.75) is 56.0 Å². The number of sulfonamides is 1. The first-order valence-electron chi connectivity index (χ1n) is 11.2. The van der Waals surface area contributed by atoms with Gasteiger partial charge in [-0.2, -0.15) is 31.4 Å². The van der Waals surface area contributed by atoms with Crippen LogP contribution in [-0.2, 0) is 32.7 Å². The highest BCUT2D eigenvalue weighted by Gasteiger charge is 2.39. The summed E-state index contributed by atoms with van der Waals surface area (Å²) in [5.74, 6) is -5.51. The van der Waals surface area contributed by atoms with Crippen LogP contribution in [0.4, 0.5) is 26.3 Å². The third-order valence-electron chi connectivity index (χ3n) is 5.31. The summed E-state index contributed by atoms with van der Waals surface area (Å²) < 4.78 is 92.2. The summed E-state index contributed by atoms with van der Waals surface area (Å²) in [6.07, 6.45) is -2.34. The van der Waals surface area contributed by atoms with Crippen LogP contribution in [0, 0.1) is 0 Å². The second-order valence-electron chi connectivity index (χ2n) is 8.49. The Bertz CT molecular complexity index is 1180. The number of rotatable bonds is 7. The molecule has 0 amide bonds. The summed E-state index contributed by atoms with van der Waals surface area (Å²) in [5.41, 5.74) is 2.36. The average Bonchev–Trinajstić information content (AvgIpc) is 3.58. The molecule has 2 aromatic rings. The van der Waals surface area contributed by atoms with Crippen molar-refractivity contribution in [3.63, 3.8) is 0 Å². The average molecular weight is 590 g/mol. The lowest BCUT2D eigenvalue weighted by Crippen LogP contribution is -2.39. The van der Waals surface area contributed by atoms with Gasteiger partial charge in [0.25, 0.3) is 0 Å². The Hall–Kier alpha value is -3.25. The number of pyridine rings is 1. The zero-order chi connectivity index (χ0) is 29.4. The van der Waals surface area contributed by atoms with Crippen LogP contribution < -0.4 is 4.72 Å². The monoisotopic (exact) mass is 589 g/mol. The maximum absolute atomic E-state index is 12.0. The van der Waals surface area contributed by atoms with E-state index in [4.69, 9.17) is 19.8 Å². The number of hydrogen-bond acceptors (Lipinski definition) is 7. The number of nitrogens with zero attached hydrogens (tertiary/aromatic N) is 4. The topological polar surface area (TPSA) is 155 Å². The van der Waals surface area contributed by atoms with Crippen molar-refractivity contribution in [3.05, 3.63) is 48.0 Å². The molecule has 4 rings (SSSR count). The highest BCUT2D eigenvalue weighted by Crippen LogP contribution is 2.28. The molecule has 1 atom stereocenters. The number of carboxylic acid groups (broad SMARTS) is 2. The van der Waals surface area contributed by atoms with Crippen molar-refractivity contribution in [2.24, 2.45) is 0 Å². The standard InChI is InChI=1S/C17H23N5O2S.2C2HF3O2/c23-25(24,17-3-4-17)20-9-6-16-13-21(11-14-2-1-7-18-10-14)12-15-5-8-19-22(15)16;2*3-2(4,5)1(6)7/h1-2,5,7-8,10,16-17,20H,3-4,6,9,11-13H2;2*(H,6,7). The van der Waals surface area contributed by atoms with E-state index in [-0.39, 0.29) is 11.3 Å². The van der Waals surface area contributed by atoms with E-state index in [1.54, 1.807) is 6.20 Å². The summed E-state index contributed by atoms with van der Waals surface area (Å²) in [4.78, 5) is 24.3. The van der Waals surface area contributed by atoms with Gasteiger partial charge in [0.05, 0.1) is 17.0 Å². The van der Waals surface area contributed by atoms with Gasteiger partial charge in [-0.25, -0.2) is 22.7 Å². The van der Waals surface area contributed by atoms with Crippen molar-refractivity contribution in [3.8, 4) is 0 Å². The Balaban J connectivity index is 0.000000317. The summed E-state index contributed by atoms with van der Waals surface area (Å²) in [7, 11) is -3.12. The first-order chi connectivity index (χ1) is 18.0. The molecule has 18 heteroatoms. The van der Waals surface area contributed by atoms with E-state index in [1.165, 1.54) is 11.3 Å². The number of aromatic nitrogens is 3. The fourth-order valence-electron chi connectivity index (χ4n) is 3.41. The van der Waals surface area contributed by atoms with Crippen LogP contribution in [0.15, 0.2) is 36.8 Å². The van der Waals surface area contributed by atoms with E-state index in [9.17, 15) is 34.8 Å². The van der Waals surface area contributed by atoms with Gasteiger partial charge < -0.3 is 10.2 Å². The Morgan fingerprint density at radius 3 is 2.10 bits per heavy atom. The van der Waals surface area contributed by atoms with E-state index < -0.39 is 34.3 Å². The van der Waals surface area contributed by atoms with Crippen LogP contribution >= 0.6 is 0 Å². The summed E-state index contributed by atoms with van der Waals surface area (Å²) >= 11 is 0. The fraction of sp³-hybridized carbons (Fsp3) is 0.524. The highest BCUT2D eigenvalue weighted by molar-refractivity contribution is 7.90. The van der Waals surface area contributed by atoms with Gasteiger partial charge in [0.2, 0.25) is 10.0 Å². The molecule has 3 N–H and O–H groups in total. The van der Waals surface area contributed by atoms with E-state index in [2.05, 4.69) is 25.8 Å². The lowest BCUT2D eigenvalue weighted by molar-refractivity contribution is -0.193. The number of halogens is 6. The molecule has 0 aromatic carbocycles. The van der Waals surface area contributed by atoms with Crippen molar-refractivity contribution in [1.29, 1.82) is 0 Å². The van der Waals surface area contributed by atoms with Crippen LogP contribution in [0.3, 0.4) is 0 Å². The molecular formula is C21H25F6N5O6S. The SMILES string of the molecule is O=C(O)C(F)(F)F.O=C(O)C(F)(F)F.O=S(=O)(NCCC1CN(Cc2cccnc2)Cc2ccnn21)C1CC1. The van der Waals surface area contributed by atoms with Gasteiger partial charge in [-0.05, 0) is 37.0 Å². The maximum atomic E-state index is 12.0. The molecule has 2 aliphatic rings. The van der Waals surface area contributed by atoms with E-state index >= 15 is 0 Å². The molecular weight excluding hydrogens is 564 g/mol. The predicted molar refractivity (Wildman–Crippen MR) is 122 cm³/mol. The van der Waals surface area contributed by atoms with E-state index in [0.29, 0.717) is 6.54 Å². The number of carboxylic acids is 2. The Morgan fingerprint density at radius 1 is 1.03 bits per heavy atom. The second-order valence-corrected chi connectivity index (χ2v) is 10.5. The van der Waals surface area contributed by atoms with Crippen LogP contribution in [-0.4, -0.2) is 80.9 Å². The van der Waals surface area contributed by atoms with Crippen molar-refractivity contribution in [1.82, 2.24) is 24.4 Å². The third kappa shape index (κ3) is 10.8. The smallest absolute Gasteiger partial charge is 0.475 e. The van der Waals surface area contributed by atoms with Crippen molar-refractivity contribution in [2.75, 3.05) is 13.1 Å². The molecule has 0 radical (unpaired) electrons. The van der Waals surface area contributed by atoms with Crippen molar-refractivity contribution < 1.29 is 54.6 Å². The Kier molecular flexibility index (Phi) is 10.8. The molecule has 1 aliphatic carbocycles. The number of alkyl halides is 6. The molecule has 3 heterocycles. The van der Waals surface area contributed by atoms with Crippen molar-refractivity contribution >= 4 is 22.0 Å². The molecule has 0 bridgehead atoms. The zero-order valence-corrected chi connectivity index (χ0v) is 20.9. The molecule has 1 saturated carbocycles. The molecule has 218 valence electrons. The summed E-state index contributed by atoms with van der Waals surface area (Å²) in [6, 6.07) is 6.25. The number of carbonyl (C=O) groups is 2. The number of aliphatic carboxylic acids is 2. The Morgan fingerprint density at radius 2 is 1.62 bits per heavy atom. The minimum Gasteiger partial charge on any atom is -0.475 e. The van der Waals surface area contributed by atoms with Crippen LogP contribution in [0.1, 0.15) is 36.6 Å². The summed E-state index contributed by atoms with van der Waals surface area (Å²) in [6.45, 7) is 3.00. The van der Waals surface area contributed by atoms with Gasteiger partial charge in [-0.3, -0.25) is 14.6 Å². The quantitative estimate of drug-likeness (QED) is 0.414. The summed E-state index contributed by atoms with van der Waals surface area (Å²) in [5, 5.41) is 18.5. The second kappa shape index (κ2) is 13.2. The van der Waals surface area contributed by atoms with Gasteiger partial charge in [0.1, 0.15) is 0 Å². The van der Waals surface area contributed by atoms with Gasteiger partial charge in [-0.15, -0.1) is 0 Å².